The van der Waals surface area contributed by atoms with Crippen LogP contribution in [0.5, 0.6) is 5.75 Å². The molecule has 0 fully saturated rings. The van der Waals surface area contributed by atoms with Crippen molar-refractivity contribution in [1.29, 1.82) is 0 Å². The average molecular weight is 348 g/mol. The molecule has 1 heterocycles. The molecule has 3 rings (SSSR count). The van der Waals surface area contributed by atoms with Gasteiger partial charge in [0.1, 0.15) is 11.4 Å². The summed E-state index contributed by atoms with van der Waals surface area (Å²) in [5.74, 6) is 0.374. The van der Waals surface area contributed by atoms with Gasteiger partial charge >= 0.3 is 0 Å². The summed E-state index contributed by atoms with van der Waals surface area (Å²) in [6, 6.07) is 15.2. The van der Waals surface area contributed by atoms with Crippen LogP contribution in [0.25, 0.3) is 11.3 Å². The van der Waals surface area contributed by atoms with E-state index in [1.54, 1.807) is 19.4 Å². The largest absolute Gasteiger partial charge is 0.497 e. The van der Waals surface area contributed by atoms with Crippen molar-refractivity contribution >= 4 is 12.1 Å². The first-order valence-electron chi connectivity index (χ1n) is 8.17. The first-order chi connectivity index (χ1) is 12.6. The van der Waals surface area contributed by atoms with Crippen molar-refractivity contribution in [3.05, 3.63) is 70.9 Å². The average Bonchev–Trinajstić information content (AvgIpc) is 3.14. The van der Waals surface area contributed by atoms with Gasteiger partial charge in [0, 0.05) is 5.56 Å². The van der Waals surface area contributed by atoms with Gasteiger partial charge in [0.25, 0.3) is 5.91 Å². The van der Waals surface area contributed by atoms with E-state index in [1.165, 1.54) is 11.1 Å². The van der Waals surface area contributed by atoms with E-state index in [9.17, 15) is 4.79 Å². The lowest BCUT2D eigenvalue weighted by atomic mass is 10.0. The fourth-order valence-electron chi connectivity index (χ4n) is 2.43. The van der Waals surface area contributed by atoms with E-state index in [0.29, 0.717) is 5.69 Å². The number of nitrogens with one attached hydrogen (secondary N) is 2. The molecule has 0 saturated heterocycles. The molecule has 0 radical (unpaired) electrons. The van der Waals surface area contributed by atoms with E-state index in [2.05, 4.69) is 27.6 Å². The lowest BCUT2D eigenvalue weighted by Crippen LogP contribution is -2.18. The Morgan fingerprint density at radius 3 is 2.77 bits per heavy atom. The first kappa shape index (κ1) is 17.4. The number of aromatic nitrogens is 2. The SMILES string of the molecule is COc1cccc(C=NNC(=O)c2cc(-c3ccc(C)c(C)c3)n[nH]2)c1. The lowest BCUT2D eigenvalue weighted by molar-refractivity contribution is 0.0950. The van der Waals surface area contributed by atoms with Gasteiger partial charge in [0.05, 0.1) is 19.0 Å². The van der Waals surface area contributed by atoms with E-state index in [-0.39, 0.29) is 5.91 Å². The van der Waals surface area contributed by atoms with E-state index in [4.69, 9.17) is 4.74 Å². The zero-order valence-corrected chi connectivity index (χ0v) is 14.9. The van der Waals surface area contributed by atoms with Crippen LogP contribution in [-0.2, 0) is 0 Å². The second-order valence-electron chi connectivity index (χ2n) is 5.94. The summed E-state index contributed by atoms with van der Waals surface area (Å²) >= 11 is 0. The maximum absolute atomic E-state index is 12.2. The minimum absolute atomic E-state index is 0.348. The summed E-state index contributed by atoms with van der Waals surface area (Å²) in [4.78, 5) is 12.2. The second kappa shape index (κ2) is 7.65. The van der Waals surface area contributed by atoms with Crippen LogP contribution < -0.4 is 10.2 Å². The maximum Gasteiger partial charge on any atom is 0.289 e. The normalized spacial score (nSPS) is 10.9. The highest BCUT2D eigenvalue weighted by molar-refractivity contribution is 5.94. The van der Waals surface area contributed by atoms with Gasteiger partial charge in [-0.15, -0.1) is 0 Å². The number of hydrazone groups is 1. The van der Waals surface area contributed by atoms with Gasteiger partial charge in [-0.1, -0.05) is 24.3 Å². The molecule has 26 heavy (non-hydrogen) atoms. The molecule has 0 aliphatic carbocycles. The Kier molecular flexibility index (Phi) is 5.12. The van der Waals surface area contributed by atoms with Gasteiger partial charge in [0.15, 0.2) is 0 Å². The molecule has 6 heteroatoms. The van der Waals surface area contributed by atoms with E-state index >= 15 is 0 Å². The van der Waals surface area contributed by atoms with Crippen molar-refractivity contribution in [3.8, 4) is 17.0 Å². The molecule has 132 valence electrons. The highest BCUT2D eigenvalue weighted by atomic mass is 16.5. The van der Waals surface area contributed by atoms with Crippen molar-refractivity contribution in [2.24, 2.45) is 5.10 Å². The number of carbonyl (C=O) groups is 1. The molecular formula is C20H20N4O2. The smallest absolute Gasteiger partial charge is 0.289 e. The number of H-pyrrole nitrogens is 1. The minimum Gasteiger partial charge on any atom is -0.497 e. The monoisotopic (exact) mass is 348 g/mol. The Bertz CT molecular complexity index is 960. The summed E-state index contributed by atoms with van der Waals surface area (Å²) < 4.78 is 5.15. The number of carbonyl (C=O) groups excluding carboxylic acids is 1. The third-order valence-corrected chi connectivity index (χ3v) is 4.10. The molecule has 3 aromatic rings. The van der Waals surface area contributed by atoms with Crippen LogP contribution in [0.3, 0.4) is 0 Å². The first-order valence-corrected chi connectivity index (χ1v) is 8.17. The maximum atomic E-state index is 12.2. The fourth-order valence-corrected chi connectivity index (χ4v) is 2.43. The topological polar surface area (TPSA) is 79.4 Å². The molecule has 0 aliphatic rings. The zero-order valence-electron chi connectivity index (χ0n) is 14.9. The summed E-state index contributed by atoms with van der Waals surface area (Å²) in [5.41, 5.74) is 7.74. The Morgan fingerprint density at radius 2 is 2.00 bits per heavy atom. The number of hydrogen-bond acceptors (Lipinski definition) is 4. The predicted molar refractivity (Wildman–Crippen MR) is 102 cm³/mol. The number of hydrogen-bond donors (Lipinski definition) is 2. The molecule has 0 aliphatic heterocycles. The molecule has 6 nitrogen and oxygen atoms in total. The standard InChI is InChI=1S/C20H20N4O2/c1-13-7-8-16(9-14(13)2)18-11-19(23-22-18)20(25)24-21-12-15-5-4-6-17(10-15)26-3/h4-12H,1-3H3,(H,22,23)(H,24,25). The number of benzene rings is 2. The minimum atomic E-state index is -0.355. The van der Waals surface area contributed by atoms with Gasteiger partial charge in [0.2, 0.25) is 0 Å². The molecule has 0 atom stereocenters. The summed E-state index contributed by atoms with van der Waals surface area (Å²) in [6.45, 7) is 4.11. The molecule has 0 unspecified atom stereocenters. The molecule has 2 N–H and O–H groups in total. The number of rotatable bonds is 5. The zero-order chi connectivity index (χ0) is 18.5. The lowest BCUT2D eigenvalue weighted by Gasteiger charge is -2.01. The predicted octanol–water partition coefficient (Wildman–Crippen LogP) is 3.47. The Balaban J connectivity index is 1.68. The number of nitrogens with zero attached hydrogens (tertiary/aromatic N) is 2. The van der Waals surface area contributed by atoms with Crippen LogP contribution in [0.15, 0.2) is 53.6 Å². The molecule has 0 bridgehead atoms. The number of aromatic amines is 1. The number of methoxy groups -OCH3 is 1. The van der Waals surface area contributed by atoms with E-state index in [1.807, 2.05) is 49.4 Å². The number of aryl methyl sites for hydroxylation is 2. The van der Waals surface area contributed by atoms with Crippen molar-refractivity contribution in [2.45, 2.75) is 13.8 Å². The van der Waals surface area contributed by atoms with Crippen molar-refractivity contribution < 1.29 is 9.53 Å². The Hall–Kier alpha value is -3.41. The highest BCUT2D eigenvalue weighted by Crippen LogP contribution is 2.20. The van der Waals surface area contributed by atoms with Gasteiger partial charge in [-0.2, -0.15) is 10.2 Å². The highest BCUT2D eigenvalue weighted by Gasteiger charge is 2.10. The quantitative estimate of drug-likeness (QED) is 0.547. The Labute approximate surface area is 151 Å². The van der Waals surface area contributed by atoms with Crippen LogP contribution in [0.4, 0.5) is 0 Å². The molecular weight excluding hydrogens is 328 g/mol. The van der Waals surface area contributed by atoms with Gasteiger partial charge in [-0.25, -0.2) is 5.43 Å². The summed E-state index contributed by atoms with van der Waals surface area (Å²) in [6.07, 6.45) is 1.56. The summed E-state index contributed by atoms with van der Waals surface area (Å²) in [5, 5.41) is 10.9. The van der Waals surface area contributed by atoms with Crippen LogP contribution in [0.2, 0.25) is 0 Å². The Morgan fingerprint density at radius 1 is 1.15 bits per heavy atom. The number of amides is 1. The van der Waals surface area contributed by atoms with Crippen molar-refractivity contribution in [2.75, 3.05) is 7.11 Å². The fraction of sp³-hybridized carbons (Fsp3) is 0.150. The molecule has 1 amide bonds. The van der Waals surface area contributed by atoms with E-state index < -0.39 is 0 Å². The van der Waals surface area contributed by atoms with Crippen LogP contribution in [0, 0.1) is 13.8 Å². The van der Waals surface area contributed by atoms with Crippen LogP contribution in [-0.4, -0.2) is 29.4 Å². The summed E-state index contributed by atoms with van der Waals surface area (Å²) in [7, 11) is 1.60. The van der Waals surface area contributed by atoms with Crippen molar-refractivity contribution in [1.82, 2.24) is 15.6 Å². The molecule has 1 aromatic heterocycles. The van der Waals surface area contributed by atoms with Gasteiger partial charge < -0.3 is 4.74 Å². The molecule has 0 spiro atoms. The van der Waals surface area contributed by atoms with Crippen molar-refractivity contribution in [3.63, 3.8) is 0 Å². The van der Waals surface area contributed by atoms with Crippen LogP contribution >= 0.6 is 0 Å². The van der Waals surface area contributed by atoms with Gasteiger partial charge in [-0.3, -0.25) is 9.89 Å². The third kappa shape index (κ3) is 3.97. The van der Waals surface area contributed by atoms with Crippen LogP contribution in [0.1, 0.15) is 27.2 Å². The van der Waals surface area contributed by atoms with Gasteiger partial charge in [-0.05, 0) is 54.8 Å². The number of ether oxygens (including phenoxy) is 1. The molecule has 2 aromatic carbocycles. The third-order valence-electron chi connectivity index (χ3n) is 4.10. The molecule has 0 saturated carbocycles. The second-order valence-corrected chi connectivity index (χ2v) is 5.94. The van der Waals surface area contributed by atoms with E-state index in [0.717, 1.165) is 22.6 Å².